The summed E-state index contributed by atoms with van der Waals surface area (Å²) in [6, 6.07) is 0. The summed E-state index contributed by atoms with van der Waals surface area (Å²) < 4.78 is 26.3. The second kappa shape index (κ2) is 11.2. The maximum absolute atomic E-state index is 11.1. The molecule has 8 atom stereocenters. The van der Waals surface area contributed by atoms with E-state index in [-0.39, 0.29) is 35.2 Å². The fraction of sp³-hybridized carbons (Fsp3) is 0.500. The molecule has 4 aromatic rings. The summed E-state index contributed by atoms with van der Waals surface area (Å²) in [6.45, 7) is -4.99. The zero-order valence-corrected chi connectivity index (χ0v) is 24.6. The first-order chi connectivity index (χ1) is 20.0. The first kappa shape index (κ1) is 29.5. The second-order valence-electron chi connectivity index (χ2n) is 9.56. The maximum atomic E-state index is 11.1. The van der Waals surface area contributed by atoms with Crippen LogP contribution in [0.25, 0.3) is 22.3 Å². The minimum atomic E-state index is -4.06. The number of hydrogen-bond donors (Lipinski definition) is 8. The largest absolute Gasteiger partial charge is 0.394 e. The standard InChI is InChI=1S/C20H25N10O8PS3/c21-19-25-14-10(16(40)27-19)23-4-29(14)9-1-6(32)8(36-9)3-35-39(34,42)38-13-7(2-31)37-18(12(13)33)30-5-24-11-15(30)26-20(22)28-17(11)41/h4-9,12-13,18,31-33H,1-3H2,(H,34,42)(H3,21,25,27,40)(H3,22,26,28,41)/t6?,7-,8-,9-,12?,13?,18-,39?/m1/s1. The van der Waals surface area contributed by atoms with Gasteiger partial charge in [0.25, 0.3) is 0 Å². The van der Waals surface area contributed by atoms with Crippen molar-refractivity contribution in [1.29, 1.82) is 0 Å². The summed E-state index contributed by atoms with van der Waals surface area (Å²) >= 11 is 15.6. The van der Waals surface area contributed by atoms with E-state index in [4.69, 9.17) is 66.2 Å². The van der Waals surface area contributed by atoms with Crippen LogP contribution in [0.15, 0.2) is 12.7 Å². The molecule has 6 rings (SSSR count). The summed E-state index contributed by atoms with van der Waals surface area (Å²) in [7, 11) is 0. The highest BCUT2D eigenvalue weighted by Crippen LogP contribution is 2.49. The molecule has 10 N–H and O–H groups in total. The van der Waals surface area contributed by atoms with Gasteiger partial charge in [-0.1, -0.05) is 24.4 Å². The van der Waals surface area contributed by atoms with E-state index in [0.717, 1.165) is 0 Å². The molecule has 0 bridgehead atoms. The lowest BCUT2D eigenvalue weighted by Crippen LogP contribution is -2.36. The summed E-state index contributed by atoms with van der Waals surface area (Å²) in [6.07, 6.45) is -4.65. The first-order valence-corrected chi connectivity index (χ1v) is 15.7. The Labute approximate surface area is 250 Å². The molecule has 2 aliphatic heterocycles. The van der Waals surface area contributed by atoms with Crippen LogP contribution in [0, 0.1) is 9.28 Å². The number of nitrogen functional groups attached to an aromatic ring is 2. The molecule has 4 aromatic heterocycles. The monoisotopic (exact) mass is 660 g/mol. The van der Waals surface area contributed by atoms with Crippen LogP contribution in [-0.4, -0.2) is 103 Å². The number of nitrogens with one attached hydrogen (secondary N) is 2. The molecule has 0 spiro atoms. The summed E-state index contributed by atoms with van der Waals surface area (Å²) in [5.74, 6) is 0.119. The average Bonchev–Trinajstić information content (AvgIpc) is 3.68. The van der Waals surface area contributed by atoms with Gasteiger partial charge in [0.2, 0.25) is 11.9 Å². The quantitative estimate of drug-likeness (QED) is 0.0888. The lowest BCUT2D eigenvalue weighted by molar-refractivity contribution is -0.0527. The number of aromatic amines is 2. The number of fused-ring (bicyclic) bond motifs is 2. The molecule has 4 unspecified atom stereocenters. The van der Waals surface area contributed by atoms with Crippen LogP contribution < -0.4 is 11.5 Å². The SMILES string of the molecule is Nc1nc2c(ncn2[C@@H]2O[C@H](CO)C(OP(O)(=S)OC[C@H]3O[C@@H](n4cnc5c(=S)[nH]c(N)nc54)CC3O)C2O)c(=S)[nH]1. The molecule has 2 saturated heterocycles. The van der Waals surface area contributed by atoms with Gasteiger partial charge in [-0.3, -0.25) is 13.7 Å². The smallest absolute Gasteiger partial charge is 0.325 e. The third-order valence-corrected chi connectivity index (χ3v) is 8.99. The van der Waals surface area contributed by atoms with Crippen molar-refractivity contribution in [3.05, 3.63) is 21.9 Å². The summed E-state index contributed by atoms with van der Waals surface area (Å²) in [5, 5.41) is 31.6. The average molecular weight is 661 g/mol. The number of hydrogen-bond acceptors (Lipinski definition) is 16. The van der Waals surface area contributed by atoms with Gasteiger partial charge in [0.1, 0.15) is 51.0 Å². The number of anilines is 2. The van der Waals surface area contributed by atoms with E-state index in [0.29, 0.717) is 21.3 Å². The van der Waals surface area contributed by atoms with Gasteiger partial charge in [0.05, 0.1) is 32.0 Å². The molecule has 18 nitrogen and oxygen atoms in total. The van der Waals surface area contributed by atoms with Crippen LogP contribution in [0.2, 0.25) is 0 Å². The number of aliphatic hydroxyl groups is 3. The Morgan fingerprint density at radius 1 is 1.00 bits per heavy atom. The number of nitrogens with zero attached hydrogens (tertiary/aromatic N) is 6. The Balaban J connectivity index is 1.13. The van der Waals surface area contributed by atoms with Gasteiger partial charge in [-0.25, -0.2) is 9.97 Å². The highest BCUT2D eigenvalue weighted by atomic mass is 32.5. The number of ether oxygens (including phenoxy) is 2. The molecule has 6 heterocycles. The number of rotatable bonds is 8. The summed E-state index contributed by atoms with van der Waals surface area (Å²) in [4.78, 5) is 33.1. The minimum absolute atomic E-state index is 0.0244. The molecular formula is C20H25N10O8PS3. The first-order valence-electron chi connectivity index (χ1n) is 12.3. The predicted molar refractivity (Wildman–Crippen MR) is 153 cm³/mol. The van der Waals surface area contributed by atoms with Crippen molar-refractivity contribution in [3.63, 3.8) is 0 Å². The van der Waals surface area contributed by atoms with Crippen LogP contribution >= 0.6 is 31.2 Å². The minimum Gasteiger partial charge on any atom is -0.394 e. The molecule has 0 saturated carbocycles. The Morgan fingerprint density at radius 3 is 2.21 bits per heavy atom. The van der Waals surface area contributed by atoms with Gasteiger partial charge < -0.3 is 55.6 Å². The van der Waals surface area contributed by atoms with Crippen molar-refractivity contribution in [1.82, 2.24) is 39.0 Å². The van der Waals surface area contributed by atoms with E-state index < -0.39 is 56.3 Å². The Kier molecular flexibility index (Phi) is 7.87. The van der Waals surface area contributed by atoms with E-state index in [1.54, 1.807) is 4.57 Å². The van der Waals surface area contributed by atoms with Gasteiger partial charge in [0.15, 0.2) is 17.5 Å². The molecule has 0 radical (unpaired) electrons. The van der Waals surface area contributed by atoms with Crippen LogP contribution in [0.3, 0.4) is 0 Å². The zero-order chi connectivity index (χ0) is 29.9. The number of aliphatic hydroxyl groups excluding tert-OH is 3. The number of nitrogens with two attached hydrogens (primary N) is 2. The molecule has 2 fully saturated rings. The van der Waals surface area contributed by atoms with Crippen LogP contribution in [-0.2, 0) is 30.3 Å². The van der Waals surface area contributed by atoms with Gasteiger partial charge in [-0.2, -0.15) is 9.97 Å². The molecule has 226 valence electrons. The topological polar surface area (TPSA) is 263 Å². The van der Waals surface area contributed by atoms with Crippen molar-refractivity contribution in [2.75, 3.05) is 24.7 Å². The van der Waals surface area contributed by atoms with Crippen molar-refractivity contribution in [3.8, 4) is 0 Å². The van der Waals surface area contributed by atoms with Gasteiger partial charge in [-0.05, 0) is 11.8 Å². The van der Waals surface area contributed by atoms with Crippen LogP contribution in [0.5, 0.6) is 0 Å². The number of H-pyrrole nitrogens is 2. The van der Waals surface area contributed by atoms with E-state index >= 15 is 0 Å². The second-order valence-corrected chi connectivity index (χ2v) is 13.2. The predicted octanol–water partition coefficient (Wildman–Crippen LogP) is -0.327. The van der Waals surface area contributed by atoms with Gasteiger partial charge >= 0.3 is 6.72 Å². The lowest BCUT2D eigenvalue weighted by Gasteiger charge is -2.26. The maximum Gasteiger partial charge on any atom is 0.325 e. The van der Waals surface area contributed by atoms with E-state index in [2.05, 4.69) is 29.9 Å². The van der Waals surface area contributed by atoms with Gasteiger partial charge in [0, 0.05) is 6.42 Å². The third-order valence-electron chi connectivity index (χ3n) is 6.84. The van der Waals surface area contributed by atoms with E-state index in [1.165, 1.54) is 17.2 Å². The van der Waals surface area contributed by atoms with Gasteiger partial charge in [-0.15, -0.1) is 0 Å². The Bertz CT molecular complexity index is 1810. The normalized spacial score (nSPS) is 29.5. The summed E-state index contributed by atoms with van der Waals surface area (Å²) in [5.41, 5.74) is 12.9. The molecule has 0 aliphatic carbocycles. The molecule has 0 amide bonds. The molecular weight excluding hydrogens is 635 g/mol. The van der Waals surface area contributed by atoms with Crippen LogP contribution in [0.1, 0.15) is 18.9 Å². The van der Waals surface area contributed by atoms with Crippen molar-refractivity contribution in [2.24, 2.45) is 0 Å². The van der Waals surface area contributed by atoms with E-state index in [9.17, 15) is 20.2 Å². The Morgan fingerprint density at radius 2 is 1.60 bits per heavy atom. The highest BCUT2D eigenvalue weighted by molar-refractivity contribution is 8.07. The number of aromatic nitrogens is 8. The van der Waals surface area contributed by atoms with E-state index in [1.807, 2.05) is 0 Å². The molecule has 42 heavy (non-hydrogen) atoms. The third kappa shape index (κ3) is 5.36. The zero-order valence-electron chi connectivity index (χ0n) is 21.2. The van der Waals surface area contributed by atoms with Crippen molar-refractivity contribution >= 4 is 77.2 Å². The van der Waals surface area contributed by atoms with Crippen molar-refractivity contribution < 1.29 is 38.7 Å². The molecule has 0 aromatic carbocycles. The fourth-order valence-electron chi connectivity index (χ4n) is 4.90. The number of imidazole rings is 2. The fourth-order valence-corrected chi connectivity index (χ4v) is 6.84. The van der Waals surface area contributed by atoms with Crippen molar-refractivity contribution in [2.45, 2.75) is 49.4 Å². The molecule has 2 aliphatic rings. The lowest BCUT2D eigenvalue weighted by atomic mass is 10.1. The molecule has 22 heteroatoms. The Hall–Kier alpha value is -2.53. The highest BCUT2D eigenvalue weighted by Gasteiger charge is 2.48. The van der Waals surface area contributed by atoms with Crippen LogP contribution in [0.4, 0.5) is 11.9 Å².